The van der Waals surface area contributed by atoms with Crippen LogP contribution in [0.15, 0.2) is 17.5 Å². The molecule has 21 heavy (non-hydrogen) atoms. The van der Waals surface area contributed by atoms with E-state index in [1.807, 2.05) is 5.38 Å². The molecule has 0 aliphatic rings. The maximum atomic E-state index is 11.5. The third kappa shape index (κ3) is 3.49. The second-order valence-electron chi connectivity index (χ2n) is 5.54. The largest absolute Gasteiger partial charge is 0.464 e. The van der Waals surface area contributed by atoms with Crippen molar-refractivity contribution in [2.45, 2.75) is 26.2 Å². The number of rotatable bonds is 3. The van der Waals surface area contributed by atoms with E-state index in [0.29, 0.717) is 16.6 Å². The number of hydrogen-bond acceptors (Lipinski definition) is 7. The van der Waals surface area contributed by atoms with Crippen LogP contribution in [-0.2, 0) is 10.2 Å². The molecular weight excluding hydrogens is 288 g/mol. The number of nitrogens with two attached hydrogens (primary N) is 1. The van der Waals surface area contributed by atoms with Gasteiger partial charge in [0.25, 0.3) is 0 Å². The number of anilines is 3. The highest BCUT2D eigenvalue weighted by Crippen LogP contribution is 2.29. The zero-order valence-corrected chi connectivity index (χ0v) is 13.2. The Morgan fingerprint density at radius 1 is 1.33 bits per heavy atom. The molecule has 7 heteroatoms. The van der Waals surface area contributed by atoms with Gasteiger partial charge >= 0.3 is 5.97 Å². The van der Waals surface area contributed by atoms with E-state index >= 15 is 0 Å². The highest BCUT2D eigenvalue weighted by molar-refractivity contribution is 7.13. The van der Waals surface area contributed by atoms with Gasteiger partial charge < -0.3 is 15.8 Å². The lowest BCUT2D eigenvalue weighted by molar-refractivity contribution is 0.0594. The summed E-state index contributed by atoms with van der Waals surface area (Å²) in [6, 6.07) is 3.13. The molecule has 0 spiro atoms. The summed E-state index contributed by atoms with van der Waals surface area (Å²) in [6.07, 6.45) is 0. The summed E-state index contributed by atoms with van der Waals surface area (Å²) in [5.41, 5.74) is 7.47. The van der Waals surface area contributed by atoms with Crippen molar-refractivity contribution in [2.75, 3.05) is 18.2 Å². The monoisotopic (exact) mass is 306 g/mol. The molecule has 2 aromatic rings. The Morgan fingerprint density at radius 2 is 2.05 bits per heavy atom. The molecule has 0 bridgehead atoms. The molecule has 3 N–H and O–H groups in total. The number of nitrogen functional groups attached to an aromatic ring is 1. The molecule has 2 aromatic heterocycles. The molecule has 112 valence electrons. The van der Waals surface area contributed by atoms with Gasteiger partial charge in [-0.05, 0) is 12.1 Å². The number of thiazole rings is 1. The maximum absolute atomic E-state index is 11.5. The van der Waals surface area contributed by atoms with Gasteiger partial charge in [0, 0.05) is 10.8 Å². The fraction of sp³-hybridized carbons (Fsp3) is 0.357. The normalized spacial score (nSPS) is 11.2. The number of carbonyl (C=O) groups is 1. The van der Waals surface area contributed by atoms with Crippen LogP contribution in [0.1, 0.15) is 37.0 Å². The Hall–Kier alpha value is -2.15. The third-order valence-corrected chi connectivity index (χ3v) is 3.58. The first-order chi connectivity index (χ1) is 9.81. The van der Waals surface area contributed by atoms with Crippen molar-refractivity contribution in [2.24, 2.45) is 0 Å². The van der Waals surface area contributed by atoms with Crippen molar-refractivity contribution in [3.8, 4) is 0 Å². The van der Waals surface area contributed by atoms with Crippen LogP contribution in [0.4, 0.5) is 16.6 Å². The van der Waals surface area contributed by atoms with Crippen LogP contribution >= 0.6 is 11.3 Å². The van der Waals surface area contributed by atoms with Crippen molar-refractivity contribution in [1.82, 2.24) is 9.97 Å². The van der Waals surface area contributed by atoms with E-state index in [2.05, 4.69) is 40.8 Å². The second kappa shape index (κ2) is 5.69. The first kappa shape index (κ1) is 15.2. The lowest BCUT2D eigenvalue weighted by Crippen LogP contribution is -2.11. The van der Waals surface area contributed by atoms with Crippen LogP contribution in [0.5, 0.6) is 0 Å². The van der Waals surface area contributed by atoms with E-state index in [9.17, 15) is 4.79 Å². The minimum absolute atomic E-state index is 0.0245. The third-order valence-electron chi connectivity index (χ3n) is 2.82. The molecule has 0 radical (unpaired) electrons. The molecular formula is C14H18N4O2S. The number of pyridine rings is 1. The van der Waals surface area contributed by atoms with E-state index in [-0.39, 0.29) is 11.1 Å². The zero-order valence-electron chi connectivity index (χ0n) is 12.4. The lowest BCUT2D eigenvalue weighted by Gasteiger charge is -2.14. The van der Waals surface area contributed by atoms with Gasteiger partial charge in [0.1, 0.15) is 0 Å². The van der Waals surface area contributed by atoms with E-state index in [1.165, 1.54) is 24.5 Å². The fourth-order valence-electron chi connectivity index (χ4n) is 1.57. The van der Waals surface area contributed by atoms with E-state index < -0.39 is 5.97 Å². The van der Waals surface area contributed by atoms with E-state index in [1.54, 1.807) is 6.07 Å². The molecule has 2 rings (SSSR count). The molecule has 0 atom stereocenters. The summed E-state index contributed by atoms with van der Waals surface area (Å²) in [5.74, 6) is -0.111. The Kier molecular flexibility index (Phi) is 4.13. The summed E-state index contributed by atoms with van der Waals surface area (Å²) >= 11 is 1.47. The summed E-state index contributed by atoms with van der Waals surface area (Å²) in [7, 11) is 1.31. The SMILES string of the molecule is COC(=O)c1ccc(N)c(Nc2nc(C(C)(C)C)cs2)n1. The Labute approximate surface area is 127 Å². The van der Waals surface area contributed by atoms with Gasteiger partial charge in [-0.1, -0.05) is 20.8 Å². The minimum Gasteiger partial charge on any atom is -0.464 e. The molecule has 0 unspecified atom stereocenters. The standard InChI is InChI=1S/C14H18N4O2S/c1-14(2,3)10-7-21-13(17-10)18-11-8(15)5-6-9(16-11)12(19)20-4/h5-7H,15H2,1-4H3,(H,16,17,18). The zero-order chi connectivity index (χ0) is 15.6. The van der Waals surface area contributed by atoms with E-state index in [0.717, 1.165) is 5.69 Å². The van der Waals surface area contributed by atoms with Gasteiger partial charge in [0.15, 0.2) is 16.6 Å². The quantitative estimate of drug-likeness (QED) is 0.847. The van der Waals surface area contributed by atoms with Crippen LogP contribution in [0, 0.1) is 0 Å². The van der Waals surface area contributed by atoms with Crippen molar-refractivity contribution in [1.29, 1.82) is 0 Å². The molecule has 0 fully saturated rings. The maximum Gasteiger partial charge on any atom is 0.356 e. The van der Waals surface area contributed by atoms with Crippen molar-refractivity contribution >= 4 is 33.9 Å². The average Bonchev–Trinajstić information content (AvgIpc) is 2.89. The van der Waals surface area contributed by atoms with Gasteiger partial charge in [-0.2, -0.15) is 0 Å². The number of carbonyl (C=O) groups excluding carboxylic acids is 1. The number of aromatic nitrogens is 2. The number of nitrogens with one attached hydrogen (secondary N) is 1. The predicted molar refractivity (Wildman–Crippen MR) is 84.1 cm³/mol. The first-order valence-corrected chi connectivity index (χ1v) is 7.27. The van der Waals surface area contributed by atoms with Gasteiger partial charge in [-0.25, -0.2) is 14.8 Å². The van der Waals surface area contributed by atoms with Crippen LogP contribution in [0.3, 0.4) is 0 Å². The molecule has 0 amide bonds. The predicted octanol–water partition coefficient (Wildman–Crippen LogP) is 2.95. The van der Waals surface area contributed by atoms with Crippen LogP contribution in [0.25, 0.3) is 0 Å². The highest BCUT2D eigenvalue weighted by atomic mass is 32.1. The average molecular weight is 306 g/mol. The molecule has 0 aromatic carbocycles. The summed E-state index contributed by atoms with van der Waals surface area (Å²) in [4.78, 5) is 20.2. The van der Waals surface area contributed by atoms with Gasteiger partial charge in [-0.15, -0.1) is 11.3 Å². The fourth-order valence-corrected chi connectivity index (χ4v) is 2.50. The van der Waals surface area contributed by atoms with Crippen LogP contribution in [-0.4, -0.2) is 23.0 Å². The number of nitrogens with zero attached hydrogens (tertiary/aromatic N) is 2. The highest BCUT2D eigenvalue weighted by Gasteiger charge is 2.18. The van der Waals surface area contributed by atoms with Crippen LogP contribution in [0.2, 0.25) is 0 Å². The van der Waals surface area contributed by atoms with Crippen molar-refractivity contribution in [3.05, 3.63) is 28.9 Å². The Balaban J connectivity index is 2.27. The van der Waals surface area contributed by atoms with Crippen molar-refractivity contribution in [3.63, 3.8) is 0 Å². The molecule has 6 nitrogen and oxygen atoms in total. The van der Waals surface area contributed by atoms with Crippen LogP contribution < -0.4 is 11.1 Å². The second-order valence-corrected chi connectivity index (χ2v) is 6.40. The topological polar surface area (TPSA) is 90.1 Å². The van der Waals surface area contributed by atoms with Gasteiger partial charge in [0.05, 0.1) is 18.5 Å². The molecule has 2 heterocycles. The lowest BCUT2D eigenvalue weighted by atomic mass is 9.93. The number of ether oxygens (including phenoxy) is 1. The van der Waals surface area contributed by atoms with Gasteiger partial charge in [0.2, 0.25) is 0 Å². The van der Waals surface area contributed by atoms with E-state index in [4.69, 9.17) is 5.73 Å². The minimum atomic E-state index is -0.507. The smallest absolute Gasteiger partial charge is 0.356 e. The number of esters is 1. The molecule has 0 aliphatic carbocycles. The van der Waals surface area contributed by atoms with Gasteiger partial charge in [-0.3, -0.25) is 0 Å². The number of methoxy groups -OCH3 is 1. The molecule has 0 saturated heterocycles. The van der Waals surface area contributed by atoms with Crippen molar-refractivity contribution < 1.29 is 9.53 Å². The summed E-state index contributed by atoms with van der Waals surface area (Å²) in [6.45, 7) is 6.28. The summed E-state index contributed by atoms with van der Waals surface area (Å²) in [5, 5.41) is 5.72. The Bertz CT molecular complexity index is 661. The Morgan fingerprint density at radius 3 is 2.62 bits per heavy atom. The first-order valence-electron chi connectivity index (χ1n) is 6.39. The summed E-state index contributed by atoms with van der Waals surface area (Å²) < 4.78 is 4.65. The number of hydrogen-bond donors (Lipinski definition) is 2. The molecule has 0 saturated carbocycles. The molecule has 0 aliphatic heterocycles.